The molecule has 1 aromatic heterocycles. The van der Waals surface area contributed by atoms with Gasteiger partial charge in [-0.3, -0.25) is 0 Å². The Labute approximate surface area is 114 Å². The minimum atomic E-state index is -0.293. The molecule has 2 saturated carbocycles. The van der Waals surface area contributed by atoms with Crippen LogP contribution < -0.4 is 5.73 Å². The summed E-state index contributed by atoms with van der Waals surface area (Å²) in [5.74, 6) is 1.58. The highest BCUT2D eigenvalue weighted by Crippen LogP contribution is 2.47. The lowest BCUT2D eigenvalue weighted by Gasteiger charge is -2.38. The second-order valence-corrected chi connectivity index (χ2v) is 5.82. The summed E-state index contributed by atoms with van der Waals surface area (Å²) >= 11 is 0. The van der Waals surface area contributed by atoms with Crippen molar-refractivity contribution in [3.8, 4) is 0 Å². The average molecular weight is 272 g/mol. The molecule has 102 valence electrons. The van der Waals surface area contributed by atoms with Crippen molar-refractivity contribution in [1.29, 1.82) is 0 Å². The molecule has 0 saturated heterocycles. The fraction of sp³-hybridized carbons (Fsp3) is 0.846. The molecule has 1 heterocycles. The lowest BCUT2D eigenvalue weighted by molar-refractivity contribution is 0.159. The highest BCUT2D eigenvalue weighted by atomic mass is 35.5. The van der Waals surface area contributed by atoms with E-state index in [0.717, 1.165) is 31.0 Å². The molecule has 1 aromatic rings. The van der Waals surface area contributed by atoms with E-state index in [9.17, 15) is 0 Å². The summed E-state index contributed by atoms with van der Waals surface area (Å²) in [5, 5.41) is 4.13. The summed E-state index contributed by atoms with van der Waals surface area (Å²) in [4.78, 5) is 4.61. The quantitative estimate of drug-likeness (QED) is 0.914. The van der Waals surface area contributed by atoms with E-state index >= 15 is 0 Å². The van der Waals surface area contributed by atoms with Crippen LogP contribution in [0, 0.1) is 0 Å². The van der Waals surface area contributed by atoms with Crippen molar-refractivity contribution in [2.75, 3.05) is 0 Å². The average Bonchev–Trinajstić information content (AvgIpc) is 2.69. The lowest BCUT2D eigenvalue weighted by atomic mass is 9.66. The first-order valence-corrected chi connectivity index (χ1v) is 6.82. The van der Waals surface area contributed by atoms with Crippen LogP contribution in [0.3, 0.4) is 0 Å². The van der Waals surface area contributed by atoms with Crippen LogP contribution in [-0.4, -0.2) is 10.1 Å². The first kappa shape index (κ1) is 13.8. The molecule has 0 spiro atoms. The fourth-order valence-corrected chi connectivity index (χ4v) is 3.08. The molecule has 0 aromatic carbocycles. The molecule has 0 aliphatic heterocycles. The van der Waals surface area contributed by atoms with Gasteiger partial charge in [-0.25, -0.2) is 0 Å². The molecule has 0 bridgehead atoms. The van der Waals surface area contributed by atoms with Crippen molar-refractivity contribution in [1.82, 2.24) is 10.1 Å². The van der Waals surface area contributed by atoms with Crippen molar-refractivity contribution in [3.63, 3.8) is 0 Å². The Hall–Kier alpha value is -0.610. The third-order valence-electron chi connectivity index (χ3n) is 4.61. The fourth-order valence-electron chi connectivity index (χ4n) is 3.08. The van der Waals surface area contributed by atoms with Gasteiger partial charge in [0.25, 0.3) is 0 Å². The number of hydrogen-bond donors (Lipinski definition) is 1. The molecule has 18 heavy (non-hydrogen) atoms. The Morgan fingerprint density at radius 2 is 1.89 bits per heavy atom. The van der Waals surface area contributed by atoms with E-state index in [4.69, 9.17) is 10.3 Å². The van der Waals surface area contributed by atoms with E-state index in [2.05, 4.69) is 17.1 Å². The lowest BCUT2D eigenvalue weighted by Crippen LogP contribution is -2.44. The van der Waals surface area contributed by atoms with Gasteiger partial charge in [-0.1, -0.05) is 24.9 Å². The molecule has 2 aliphatic carbocycles. The standard InChI is InChI=1S/C13H21N3O.ClH/c1-2-5-12(6-3-7-12)11-15-10(16-17-11)13(14)8-4-9-13;/h2-9,14H2,1H3;1H. The summed E-state index contributed by atoms with van der Waals surface area (Å²) < 4.78 is 5.51. The van der Waals surface area contributed by atoms with E-state index in [1.165, 1.54) is 32.1 Å². The van der Waals surface area contributed by atoms with E-state index in [0.29, 0.717) is 0 Å². The van der Waals surface area contributed by atoms with Crippen LogP contribution in [0.25, 0.3) is 0 Å². The van der Waals surface area contributed by atoms with Gasteiger partial charge in [0.1, 0.15) is 0 Å². The molecule has 4 nitrogen and oxygen atoms in total. The Kier molecular flexibility index (Phi) is 3.70. The summed E-state index contributed by atoms with van der Waals surface area (Å²) in [5.41, 5.74) is 6.12. The van der Waals surface area contributed by atoms with Gasteiger partial charge in [0.15, 0.2) is 5.82 Å². The third kappa shape index (κ3) is 1.95. The first-order valence-electron chi connectivity index (χ1n) is 6.82. The Morgan fingerprint density at radius 1 is 1.22 bits per heavy atom. The zero-order valence-electron chi connectivity index (χ0n) is 10.9. The second kappa shape index (κ2) is 4.82. The van der Waals surface area contributed by atoms with Crippen molar-refractivity contribution in [2.45, 2.75) is 69.2 Å². The molecule has 3 rings (SSSR count). The van der Waals surface area contributed by atoms with Gasteiger partial charge < -0.3 is 10.3 Å². The zero-order chi connectivity index (χ0) is 11.9. The molecular weight excluding hydrogens is 250 g/mol. The van der Waals surface area contributed by atoms with Gasteiger partial charge in [-0.2, -0.15) is 4.98 Å². The molecule has 2 aliphatic rings. The number of rotatable bonds is 4. The van der Waals surface area contributed by atoms with Crippen molar-refractivity contribution >= 4 is 12.4 Å². The molecule has 0 atom stereocenters. The Balaban J connectivity index is 0.00000120. The van der Waals surface area contributed by atoms with Gasteiger partial charge in [0.05, 0.1) is 5.54 Å². The molecule has 5 heteroatoms. The smallest absolute Gasteiger partial charge is 0.232 e. The van der Waals surface area contributed by atoms with E-state index in [1.54, 1.807) is 0 Å². The van der Waals surface area contributed by atoms with Gasteiger partial charge >= 0.3 is 0 Å². The van der Waals surface area contributed by atoms with Gasteiger partial charge in [0, 0.05) is 5.41 Å². The predicted octanol–water partition coefficient (Wildman–Crippen LogP) is 3.05. The van der Waals surface area contributed by atoms with Crippen molar-refractivity contribution in [3.05, 3.63) is 11.7 Å². The summed E-state index contributed by atoms with van der Waals surface area (Å²) in [6.45, 7) is 2.22. The largest absolute Gasteiger partial charge is 0.339 e. The van der Waals surface area contributed by atoms with E-state index < -0.39 is 0 Å². The molecule has 0 unspecified atom stereocenters. The van der Waals surface area contributed by atoms with Crippen molar-refractivity contribution < 1.29 is 4.52 Å². The van der Waals surface area contributed by atoms with Crippen LogP contribution in [0.5, 0.6) is 0 Å². The van der Waals surface area contributed by atoms with E-state index in [-0.39, 0.29) is 23.4 Å². The summed E-state index contributed by atoms with van der Waals surface area (Å²) in [6, 6.07) is 0. The maximum atomic E-state index is 6.23. The topological polar surface area (TPSA) is 64.9 Å². The zero-order valence-corrected chi connectivity index (χ0v) is 11.8. The Bertz CT molecular complexity index is 410. The molecule has 0 amide bonds. The maximum absolute atomic E-state index is 6.23. The molecular formula is C13H22ClN3O. The second-order valence-electron chi connectivity index (χ2n) is 5.82. The van der Waals surface area contributed by atoms with E-state index in [1.807, 2.05) is 0 Å². The molecule has 0 radical (unpaired) electrons. The summed E-state index contributed by atoms with van der Waals surface area (Å²) in [7, 11) is 0. The third-order valence-corrected chi connectivity index (χ3v) is 4.61. The Morgan fingerprint density at radius 3 is 2.33 bits per heavy atom. The predicted molar refractivity (Wildman–Crippen MR) is 71.7 cm³/mol. The summed E-state index contributed by atoms with van der Waals surface area (Å²) in [6.07, 6.45) is 9.17. The first-order chi connectivity index (χ1) is 8.19. The van der Waals surface area contributed by atoms with Gasteiger partial charge in [-0.15, -0.1) is 12.4 Å². The van der Waals surface area contributed by atoms with Gasteiger partial charge in [0.2, 0.25) is 5.89 Å². The SMILES string of the molecule is CCCC1(c2nc(C3(N)CCC3)no2)CCC1.Cl. The van der Waals surface area contributed by atoms with Crippen LogP contribution in [0.4, 0.5) is 0 Å². The minimum absolute atomic E-state index is 0. The number of hydrogen-bond acceptors (Lipinski definition) is 4. The minimum Gasteiger partial charge on any atom is -0.339 e. The highest BCUT2D eigenvalue weighted by Gasteiger charge is 2.45. The monoisotopic (exact) mass is 271 g/mol. The van der Waals surface area contributed by atoms with Gasteiger partial charge in [-0.05, 0) is 38.5 Å². The number of aromatic nitrogens is 2. The van der Waals surface area contributed by atoms with Crippen LogP contribution >= 0.6 is 12.4 Å². The number of nitrogens with two attached hydrogens (primary N) is 1. The maximum Gasteiger partial charge on any atom is 0.232 e. The number of nitrogens with zero attached hydrogens (tertiary/aromatic N) is 2. The normalized spacial score (nSPS) is 23.7. The molecule has 2 fully saturated rings. The van der Waals surface area contributed by atoms with Crippen molar-refractivity contribution in [2.24, 2.45) is 5.73 Å². The highest BCUT2D eigenvalue weighted by molar-refractivity contribution is 5.85. The molecule has 2 N–H and O–H groups in total. The van der Waals surface area contributed by atoms with Crippen LogP contribution in [0.1, 0.15) is 70.0 Å². The van der Waals surface area contributed by atoms with Crippen LogP contribution in [0.15, 0.2) is 4.52 Å². The van der Waals surface area contributed by atoms with Crippen LogP contribution in [0.2, 0.25) is 0 Å². The number of halogens is 1. The van der Waals surface area contributed by atoms with Crippen LogP contribution in [-0.2, 0) is 11.0 Å².